The van der Waals surface area contributed by atoms with Crippen LogP contribution in [0.25, 0.3) is 0 Å². The fraction of sp³-hybridized carbons (Fsp3) is 0.643. The van der Waals surface area contributed by atoms with Crippen LogP contribution in [-0.2, 0) is 0 Å². The second-order valence-electron chi connectivity index (χ2n) is 5.16. The first-order valence-electron chi connectivity index (χ1n) is 7.15. The van der Waals surface area contributed by atoms with E-state index >= 15 is 0 Å². The van der Waals surface area contributed by atoms with Gasteiger partial charge in [0.2, 0.25) is 0 Å². The number of rotatable bonds is 5. The van der Waals surface area contributed by atoms with Crippen molar-refractivity contribution in [2.45, 2.75) is 25.8 Å². The van der Waals surface area contributed by atoms with Gasteiger partial charge in [-0.15, -0.1) is 0 Å². The first-order chi connectivity index (χ1) is 9.65. The van der Waals surface area contributed by atoms with Gasteiger partial charge in [0.25, 0.3) is 0 Å². The average molecular weight is 284 g/mol. The van der Waals surface area contributed by atoms with Gasteiger partial charge in [0.05, 0.1) is 6.20 Å². The van der Waals surface area contributed by atoms with Crippen LogP contribution in [0.5, 0.6) is 0 Å². The van der Waals surface area contributed by atoms with Crippen LogP contribution in [0.4, 0.5) is 14.6 Å². The van der Waals surface area contributed by atoms with E-state index in [0.717, 1.165) is 38.2 Å². The van der Waals surface area contributed by atoms with Gasteiger partial charge in [-0.2, -0.15) is 0 Å². The minimum absolute atomic E-state index is 0.242. The molecule has 0 saturated carbocycles. The minimum Gasteiger partial charge on any atom is -0.352 e. The summed E-state index contributed by atoms with van der Waals surface area (Å²) in [5.74, 6) is -0.996. The summed E-state index contributed by atoms with van der Waals surface area (Å²) in [6, 6.07) is 1.28. The summed E-state index contributed by atoms with van der Waals surface area (Å²) in [5.41, 5.74) is 5.81. The Labute approximate surface area is 118 Å². The Bertz CT molecular complexity index is 433. The molecular formula is C14H22F2N4. The van der Waals surface area contributed by atoms with Gasteiger partial charge in [-0.25, -0.2) is 13.8 Å². The molecule has 0 amide bonds. The number of hydrogen-bond donors (Lipinski definition) is 1. The molecule has 1 aromatic heterocycles. The second kappa shape index (κ2) is 6.95. The summed E-state index contributed by atoms with van der Waals surface area (Å²) in [5, 5.41) is 0. The fourth-order valence-electron chi connectivity index (χ4n) is 2.72. The van der Waals surface area contributed by atoms with Gasteiger partial charge < -0.3 is 10.6 Å². The Morgan fingerprint density at radius 3 is 2.55 bits per heavy atom. The molecule has 0 aliphatic carbocycles. The number of pyridine rings is 1. The van der Waals surface area contributed by atoms with Crippen LogP contribution in [0.15, 0.2) is 12.3 Å². The van der Waals surface area contributed by atoms with Gasteiger partial charge in [-0.1, -0.05) is 13.3 Å². The third-order valence-electron chi connectivity index (χ3n) is 3.81. The summed E-state index contributed by atoms with van der Waals surface area (Å²) in [6.45, 7) is 5.85. The molecule has 112 valence electrons. The first kappa shape index (κ1) is 15.1. The standard InChI is InChI=1S/C14H22F2N4/c1-2-3-12(9-17)19-4-6-20(7-5-19)14-13(16)8-11(15)10-18-14/h8,10,12H,2-7,9,17H2,1H3. The maximum absolute atomic E-state index is 13.7. The minimum atomic E-state index is -0.643. The molecule has 1 unspecified atom stereocenters. The molecule has 1 aliphatic heterocycles. The van der Waals surface area contributed by atoms with Crippen LogP contribution in [0, 0.1) is 11.6 Å². The van der Waals surface area contributed by atoms with Crippen LogP contribution in [0.3, 0.4) is 0 Å². The number of piperazine rings is 1. The van der Waals surface area contributed by atoms with Crippen LogP contribution >= 0.6 is 0 Å². The number of nitrogens with zero attached hydrogens (tertiary/aromatic N) is 3. The van der Waals surface area contributed by atoms with Gasteiger partial charge in [0.15, 0.2) is 11.6 Å². The topological polar surface area (TPSA) is 45.4 Å². The van der Waals surface area contributed by atoms with E-state index in [2.05, 4.69) is 16.8 Å². The molecule has 1 atom stereocenters. The van der Waals surface area contributed by atoms with Crippen LogP contribution in [-0.4, -0.2) is 48.6 Å². The lowest BCUT2D eigenvalue weighted by Crippen LogP contribution is -2.52. The van der Waals surface area contributed by atoms with Crippen molar-refractivity contribution >= 4 is 5.82 Å². The van der Waals surface area contributed by atoms with E-state index in [9.17, 15) is 8.78 Å². The third-order valence-corrected chi connectivity index (χ3v) is 3.81. The largest absolute Gasteiger partial charge is 0.352 e. The van der Waals surface area contributed by atoms with Crippen molar-refractivity contribution in [3.8, 4) is 0 Å². The Hall–Kier alpha value is -1.27. The van der Waals surface area contributed by atoms with E-state index in [0.29, 0.717) is 25.7 Å². The van der Waals surface area contributed by atoms with Crippen molar-refractivity contribution in [1.82, 2.24) is 9.88 Å². The molecule has 1 fully saturated rings. The van der Waals surface area contributed by atoms with Gasteiger partial charge in [0.1, 0.15) is 5.82 Å². The zero-order valence-corrected chi connectivity index (χ0v) is 11.9. The van der Waals surface area contributed by atoms with Crippen LogP contribution < -0.4 is 10.6 Å². The Morgan fingerprint density at radius 2 is 2.00 bits per heavy atom. The Morgan fingerprint density at radius 1 is 1.30 bits per heavy atom. The molecule has 2 N–H and O–H groups in total. The van der Waals surface area contributed by atoms with Crippen molar-refractivity contribution in [3.05, 3.63) is 23.9 Å². The van der Waals surface area contributed by atoms with E-state index in [-0.39, 0.29) is 5.82 Å². The molecule has 1 aliphatic rings. The van der Waals surface area contributed by atoms with Crippen molar-refractivity contribution in [2.24, 2.45) is 5.73 Å². The fourth-order valence-corrected chi connectivity index (χ4v) is 2.72. The van der Waals surface area contributed by atoms with Crippen molar-refractivity contribution in [3.63, 3.8) is 0 Å². The molecule has 2 rings (SSSR count). The maximum Gasteiger partial charge on any atom is 0.168 e. The van der Waals surface area contributed by atoms with Gasteiger partial charge in [-0.05, 0) is 6.42 Å². The highest BCUT2D eigenvalue weighted by Gasteiger charge is 2.24. The molecule has 0 bridgehead atoms. The van der Waals surface area contributed by atoms with E-state index in [1.165, 1.54) is 0 Å². The molecule has 0 spiro atoms. The van der Waals surface area contributed by atoms with Crippen molar-refractivity contribution in [1.29, 1.82) is 0 Å². The molecule has 2 heterocycles. The third kappa shape index (κ3) is 3.43. The predicted molar refractivity (Wildman–Crippen MR) is 75.7 cm³/mol. The molecule has 0 radical (unpaired) electrons. The lowest BCUT2D eigenvalue weighted by atomic mass is 10.1. The van der Waals surface area contributed by atoms with Crippen molar-refractivity contribution in [2.75, 3.05) is 37.6 Å². The molecule has 4 nitrogen and oxygen atoms in total. The number of halogens is 2. The van der Waals surface area contributed by atoms with E-state index in [1.54, 1.807) is 0 Å². The summed E-state index contributed by atoms with van der Waals surface area (Å²) in [4.78, 5) is 8.08. The predicted octanol–water partition coefficient (Wildman–Crippen LogP) is 1.61. The molecule has 20 heavy (non-hydrogen) atoms. The smallest absolute Gasteiger partial charge is 0.168 e. The van der Waals surface area contributed by atoms with Gasteiger partial charge in [0, 0.05) is 44.8 Å². The highest BCUT2D eigenvalue weighted by molar-refractivity contribution is 5.40. The molecular weight excluding hydrogens is 262 g/mol. The summed E-state index contributed by atoms with van der Waals surface area (Å²) in [7, 11) is 0. The first-order valence-corrected chi connectivity index (χ1v) is 7.15. The second-order valence-corrected chi connectivity index (χ2v) is 5.16. The number of aromatic nitrogens is 1. The zero-order valence-electron chi connectivity index (χ0n) is 11.9. The zero-order chi connectivity index (χ0) is 14.5. The van der Waals surface area contributed by atoms with Gasteiger partial charge >= 0.3 is 0 Å². The van der Waals surface area contributed by atoms with E-state index < -0.39 is 11.6 Å². The Kier molecular flexibility index (Phi) is 5.25. The molecule has 1 saturated heterocycles. The number of hydrogen-bond acceptors (Lipinski definition) is 4. The summed E-state index contributed by atoms with van der Waals surface area (Å²) >= 11 is 0. The Balaban J connectivity index is 1.97. The molecule has 6 heteroatoms. The molecule has 0 aromatic carbocycles. The SMILES string of the molecule is CCCC(CN)N1CCN(c2ncc(F)cc2F)CC1. The number of anilines is 1. The van der Waals surface area contributed by atoms with Crippen molar-refractivity contribution < 1.29 is 8.78 Å². The summed E-state index contributed by atoms with van der Waals surface area (Å²) in [6.07, 6.45) is 3.25. The normalized spacial score (nSPS) is 18.3. The molecule has 1 aromatic rings. The lowest BCUT2D eigenvalue weighted by molar-refractivity contribution is 0.179. The summed E-state index contributed by atoms with van der Waals surface area (Å²) < 4.78 is 26.6. The monoisotopic (exact) mass is 284 g/mol. The number of nitrogens with two attached hydrogens (primary N) is 1. The van der Waals surface area contributed by atoms with E-state index in [4.69, 9.17) is 5.73 Å². The van der Waals surface area contributed by atoms with Gasteiger partial charge in [-0.3, -0.25) is 4.90 Å². The lowest BCUT2D eigenvalue weighted by Gasteiger charge is -2.39. The quantitative estimate of drug-likeness (QED) is 0.892. The van der Waals surface area contributed by atoms with Crippen LogP contribution in [0.2, 0.25) is 0 Å². The van der Waals surface area contributed by atoms with Crippen LogP contribution in [0.1, 0.15) is 19.8 Å². The average Bonchev–Trinajstić information content (AvgIpc) is 2.45. The van der Waals surface area contributed by atoms with E-state index in [1.807, 2.05) is 4.90 Å². The maximum atomic E-state index is 13.7. The highest BCUT2D eigenvalue weighted by atomic mass is 19.1. The highest BCUT2D eigenvalue weighted by Crippen LogP contribution is 2.19.